The molecule has 0 radical (unpaired) electrons. The zero-order valence-electron chi connectivity index (χ0n) is 13.0. The van der Waals surface area contributed by atoms with E-state index in [-0.39, 0.29) is 16.5 Å². The van der Waals surface area contributed by atoms with Gasteiger partial charge in [-0.3, -0.25) is 4.79 Å². The number of amides is 1. The maximum Gasteiger partial charge on any atom is 0.326 e. The van der Waals surface area contributed by atoms with E-state index in [1.807, 2.05) is 0 Å². The molecule has 23 heavy (non-hydrogen) atoms. The second-order valence-electron chi connectivity index (χ2n) is 5.80. The van der Waals surface area contributed by atoms with Crippen molar-refractivity contribution in [3.8, 4) is 0 Å². The number of likely N-dealkylation sites (tertiary alicyclic amines) is 1. The Morgan fingerprint density at radius 1 is 1.26 bits per heavy atom. The van der Waals surface area contributed by atoms with E-state index in [0.29, 0.717) is 19.4 Å². The molecule has 0 aromatic heterocycles. The van der Waals surface area contributed by atoms with E-state index in [9.17, 15) is 18.0 Å². The SMILES string of the molecule is CC(C)NS(=O)(=O)c1ccc(C(=O)N2CCC[C@H]2C(=O)O)cc1. The van der Waals surface area contributed by atoms with Crippen LogP contribution in [0.1, 0.15) is 37.0 Å². The molecule has 1 aromatic rings. The molecule has 1 aliphatic heterocycles. The molecule has 2 rings (SSSR count). The fourth-order valence-electron chi connectivity index (χ4n) is 2.59. The van der Waals surface area contributed by atoms with E-state index < -0.39 is 27.9 Å². The standard InChI is InChI=1S/C15H20N2O5S/c1-10(2)16-23(21,22)12-7-5-11(6-8-12)14(18)17-9-3-4-13(17)15(19)20/h5-8,10,13,16H,3-4,9H2,1-2H3,(H,19,20)/t13-/m0/s1. The van der Waals surface area contributed by atoms with Crippen LogP contribution in [-0.4, -0.2) is 48.9 Å². The number of sulfonamides is 1. The molecule has 0 spiro atoms. The summed E-state index contributed by atoms with van der Waals surface area (Å²) in [6.07, 6.45) is 1.08. The molecule has 1 saturated heterocycles. The highest BCUT2D eigenvalue weighted by molar-refractivity contribution is 7.89. The lowest BCUT2D eigenvalue weighted by Crippen LogP contribution is -2.40. The molecule has 8 heteroatoms. The summed E-state index contributed by atoms with van der Waals surface area (Å²) in [6.45, 7) is 3.83. The number of benzene rings is 1. The maximum atomic E-state index is 12.4. The summed E-state index contributed by atoms with van der Waals surface area (Å²) in [6, 6.07) is 4.48. The second-order valence-corrected chi connectivity index (χ2v) is 7.51. The Labute approximate surface area is 135 Å². The zero-order chi connectivity index (χ0) is 17.2. The van der Waals surface area contributed by atoms with Gasteiger partial charge < -0.3 is 10.0 Å². The highest BCUT2D eigenvalue weighted by atomic mass is 32.2. The molecule has 126 valence electrons. The number of hydrogen-bond acceptors (Lipinski definition) is 4. The van der Waals surface area contributed by atoms with E-state index in [2.05, 4.69) is 4.72 Å². The number of carbonyl (C=O) groups is 2. The predicted molar refractivity (Wildman–Crippen MR) is 83.6 cm³/mol. The van der Waals surface area contributed by atoms with Crippen molar-refractivity contribution in [1.29, 1.82) is 0 Å². The number of carboxylic acids is 1. The monoisotopic (exact) mass is 340 g/mol. The lowest BCUT2D eigenvalue weighted by atomic mass is 10.1. The lowest BCUT2D eigenvalue weighted by Gasteiger charge is -2.21. The van der Waals surface area contributed by atoms with Gasteiger partial charge in [-0.15, -0.1) is 0 Å². The first-order chi connectivity index (χ1) is 10.7. The van der Waals surface area contributed by atoms with Gasteiger partial charge >= 0.3 is 5.97 Å². The van der Waals surface area contributed by atoms with Gasteiger partial charge in [0, 0.05) is 18.2 Å². The third-order valence-electron chi connectivity index (χ3n) is 3.60. The first-order valence-electron chi connectivity index (χ1n) is 7.38. The van der Waals surface area contributed by atoms with Crippen LogP contribution < -0.4 is 4.72 Å². The Hall–Kier alpha value is -1.93. The molecular formula is C15H20N2O5S. The van der Waals surface area contributed by atoms with E-state index >= 15 is 0 Å². The summed E-state index contributed by atoms with van der Waals surface area (Å²) in [5, 5.41) is 9.13. The number of nitrogens with one attached hydrogen (secondary N) is 1. The quantitative estimate of drug-likeness (QED) is 0.834. The van der Waals surface area contributed by atoms with Crippen molar-refractivity contribution in [3.63, 3.8) is 0 Å². The van der Waals surface area contributed by atoms with E-state index in [1.165, 1.54) is 29.2 Å². The molecule has 1 amide bonds. The average molecular weight is 340 g/mol. The van der Waals surface area contributed by atoms with Gasteiger partial charge in [0.15, 0.2) is 0 Å². The van der Waals surface area contributed by atoms with Crippen LogP contribution in [0.15, 0.2) is 29.2 Å². The Balaban J connectivity index is 2.19. The molecule has 0 bridgehead atoms. The Morgan fingerprint density at radius 3 is 2.39 bits per heavy atom. The molecule has 7 nitrogen and oxygen atoms in total. The van der Waals surface area contributed by atoms with Crippen LogP contribution in [0.2, 0.25) is 0 Å². The average Bonchev–Trinajstić information content (AvgIpc) is 2.95. The second kappa shape index (κ2) is 6.67. The van der Waals surface area contributed by atoms with Crippen molar-refractivity contribution in [3.05, 3.63) is 29.8 Å². The van der Waals surface area contributed by atoms with Crippen LogP contribution in [0.4, 0.5) is 0 Å². The minimum absolute atomic E-state index is 0.0685. The molecule has 0 aliphatic carbocycles. The molecule has 2 N–H and O–H groups in total. The summed E-state index contributed by atoms with van der Waals surface area (Å²) in [5.41, 5.74) is 0.279. The van der Waals surface area contributed by atoms with Crippen molar-refractivity contribution in [2.45, 2.75) is 43.7 Å². The number of carbonyl (C=O) groups excluding carboxylic acids is 1. The maximum absolute atomic E-state index is 12.4. The van der Waals surface area contributed by atoms with Crippen molar-refractivity contribution >= 4 is 21.9 Å². The van der Waals surface area contributed by atoms with Gasteiger partial charge in [-0.1, -0.05) is 0 Å². The first kappa shape index (κ1) is 17.4. The molecule has 1 aromatic carbocycles. The van der Waals surface area contributed by atoms with Crippen LogP contribution in [0.5, 0.6) is 0 Å². The fourth-order valence-corrected chi connectivity index (χ4v) is 3.84. The van der Waals surface area contributed by atoms with Gasteiger partial charge in [-0.2, -0.15) is 0 Å². The van der Waals surface area contributed by atoms with E-state index in [0.717, 1.165) is 0 Å². The Kier molecular flexibility index (Phi) is 5.06. The summed E-state index contributed by atoms with van der Waals surface area (Å²) in [4.78, 5) is 24.9. The molecule has 1 atom stereocenters. The first-order valence-corrected chi connectivity index (χ1v) is 8.87. The number of rotatable bonds is 5. The predicted octanol–water partition coefficient (Wildman–Crippen LogP) is 1.06. The highest BCUT2D eigenvalue weighted by Crippen LogP contribution is 2.21. The minimum atomic E-state index is -3.61. The van der Waals surface area contributed by atoms with Gasteiger partial charge in [0.25, 0.3) is 5.91 Å². The number of carboxylic acid groups (broad SMARTS) is 1. The van der Waals surface area contributed by atoms with Crippen molar-refractivity contribution in [2.75, 3.05) is 6.54 Å². The summed E-state index contributed by atoms with van der Waals surface area (Å²) in [5.74, 6) is -1.41. The molecule has 0 saturated carbocycles. The number of nitrogens with zero attached hydrogens (tertiary/aromatic N) is 1. The fraction of sp³-hybridized carbons (Fsp3) is 0.467. The van der Waals surface area contributed by atoms with Crippen LogP contribution in [0.3, 0.4) is 0 Å². The molecule has 0 unspecified atom stereocenters. The zero-order valence-corrected chi connectivity index (χ0v) is 13.8. The lowest BCUT2D eigenvalue weighted by molar-refractivity contribution is -0.141. The summed E-state index contributed by atoms with van der Waals surface area (Å²) < 4.78 is 26.5. The molecule has 1 heterocycles. The summed E-state index contributed by atoms with van der Waals surface area (Å²) >= 11 is 0. The van der Waals surface area contributed by atoms with Crippen molar-refractivity contribution < 1.29 is 23.1 Å². The Morgan fingerprint density at radius 2 is 1.87 bits per heavy atom. The van der Waals surface area contributed by atoms with Gasteiger partial charge in [0.05, 0.1) is 4.90 Å². The van der Waals surface area contributed by atoms with Gasteiger partial charge in [0.1, 0.15) is 6.04 Å². The van der Waals surface area contributed by atoms with Crippen LogP contribution in [0.25, 0.3) is 0 Å². The Bertz CT molecular complexity index is 697. The minimum Gasteiger partial charge on any atom is -0.480 e. The highest BCUT2D eigenvalue weighted by Gasteiger charge is 2.34. The van der Waals surface area contributed by atoms with Gasteiger partial charge in [-0.05, 0) is 51.0 Å². The molecule has 1 fully saturated rings. The summed E-state index contributed by atoms with van der Waals surface area (Å²) in [7, 11) is -3.61. The van der Waals surface area contributed by atoms with Crippen LogP contribution in [-0.2, 0) is 14.8 Å². The van der Waals surface area contributed by atoms with E-state index in [1.54, 1.807) is 13.8 Å². The number of aliphatic carboxylic acids is 1. The topological polar surface area (TPSA) is 104 Å². The normalized spacial score (nSPS) is 18.4. The van der Waals surface area contributed by atoms with Crippen LogP contribution >= 0.6 is 0 Å². The third-order valence-corrected chi connectivity index (χ3v) is 5.28. The number of hydrogen-bond donors (Lipinski definition) is 2. The van der Waals surface area contributed by atoms with Gasteiger partial charge in [-0.25, -0.2) is 17.9 Å². The van der Waals surface area contributed by atoms with Crippen LogP contribution in [0, 0.1) is 0 Å². The molecular weight excluding hydrogens is 320 g/mol. The van der Waals surface area contributed by atoms with Crippen molar-refractivity contribution in [1.82, 2.24) is 9.62 Å². The molecule has 1 aliphatic rings. The third kappa shape index (κ3) is 3.89. The van der Waals surface area contributed by atoms with Crippen molar-refractivity contribution in [2.24, 2.45) is 0 Å². The smallest absolute Gasteiger partial charge is 0.326 e. The van der Waals surface area contributed by atoms with E-state index in [4.69, 9.17) is 5.11 Å². The largest absolute Gasteiger partial charge is 0.480 e. The van der Waals surface area contributed by atoms with Gasteiger partial charge in [0.2, 0.25) is 10.0 Å².